The number of pyridine rings is 1. The van der Waals surface area contributed by atoms with Crippen LogP contribution in [0.5, 0.6) is 0 Å². The Kier molecular flexibility index (Phi) is 1.58. The number of aromatic amines is 1. The van der Waals surface area contributed by atoms with E-state index in [1.165, 1.54) is 0 Å². The molecular weight excluding hydrogens is 214 g/mol. The van der Waals surface area contributed by atoms with Crippen molar-refractivity contribution in [3.05, 3.63) is 44.4 Å². The monoisotopic (exact) mass is 219 g/mol. The Labute approximate surface area is 86.8 Å². The van der Waals surface area contributed by atoms with Gasteiger partial charge in [0.05, 0.1) is 5.52 Å². The van der Waals surface area contributed by atoms with E-state index in [-0.39, 0.29) is 5.56 Å². The van der Waals surface area contributed by atoms with Crippen molar-refractivity contribution in [2.24, 2.45) is 0 Å². The highest BCUT2D eigenvalue weighted by molar-refractivity contribution is 7.16. The van der Waals surface area contributed by atoms with Crippen LogP contribution in [0.15, 0.2) is 38.3 Å². The van der Waals surface area contributed by atoms with E-state index in [1.54, 1.807) is 6.07 Å². The van der Waals surface area contributed by atoms with Gasteiger partial charge in [-0.1, -0.05) is 12.1 Å². The molecule has 3 aromatic rings. The predicted octanol–water partition coefficient (Wildman–Crippen LogP) is 1.70. The normalized spacial score (nSPS) is 11.2. The molecule has 5 heteroatoms. The lowest BCUT2D eigenvalue weighted by molar-refractivity contribution is 0.588. The first-order chi connectivity index (χ1) is 7.25. The molecule has 0 saturated carbocycles. The number of hydrogen-bond donors (Lipinski definition) is 1. The van der Waals surface area contributed by atoms with E-state index in [0.29, 0.717) is 15.8 Å². The molecule has 0 unspecified atom stereocenters. The van der Waals surface area contributed by atoms with Gasteiger partial charge in [0, 0.05) is 5.39 Å². The topological polar surface area (TPSA) is 63.1 Å². The molecule has 4 nitrogen and oxygen atoms in total. The third kappa shape index (κ3) is 1.13. The van der Waals surface area contributed by atoms with E-state index in [0.717, 1.165) is 16.7 Å². The molecule has 74 valence electrons. The zero-order valence-corrected chi connectivity index (χ0v) is 8.26. The van der Waals surface area contributed by atoms with Crippen LogP contribution in [0.25, 0.3) is 21.2 Å². The van der Waals surface area contributed by atoms with Crippen LogP contribution >= 0.6 is 11.3 Å². The minimum Gasteiger partial charge on any atom is -0.413 e. The highest BCUT2D eigenvalue weighted by Gasteiger charge is 2.10. The molecule has 0 saturated heterocycles. The number of aromatic nitrogens is 1. The van der Waals surface area contributed by atoms with Gasteiger partial charge in [0.25, 0.3) is 5.56 Å². The van der Waals surface area contributed by atoms with Crippen LogP contribution in [0, 0.1) is 0 Å². The molecule has 15 heavy (non-hydrogen) atoms. The molecule has 0 radical (unpaired) electrons. The Balaban J connectivity index is 2.75. The average molecular weight is 219 g/mol. The van der Waals surface area contributed by atoms with Gasteiger partial charge in [0.1, 0.15) is 4.70 Å². The van der Waals surface area contributed by atoms with Crippen molar-refractivity contribution in [1.82, 2.24) is 4.98 Å². The van der Waals surface area contributed by atoms with Gasteiger partial charge < -0.3 is 9.40 Å². The summed E-state index contributed by atoms with van der Waals surface area (Å²) in [4.78, 5) is 24.9. The van der Waals surface area contributed by atoms with E-state index < -0.39 is 4.94 Å². The van der Waals surface area contributed by atoms with Crippen LogP contribution in [0.1, 0.15) is 0 Å². The summed E-state index contributed by atoms with van der Waals surface area (Å²) in [6.07, 6.45) is 0. The molecule has 0 aliphatic heterocycles. The molecular formula is C10H5NO3S. The minimum absolute atomic E-state index is 0.278. The van der Waals surface area contributed by atoms with Crippen molar-refractivity contribution >= 4 is 32.5 Å². The zero-order chi connectivity index (χ0) is 10.4. The van der Waals surface area contributed by atoms with Crippen molar-refractivity contribution < 1.29 is 4.42 Å². The highest BCUT2D eigenvalue weighted by atomic mass is 32.1. The Hall–Kier alpha value is -1.88. The molecule has 0 aliphatic rings. The van der Waals surface area contributed by atoms with E-state index in [2.05, 4.69) is 4.98 Å². The van der Waals surface area contributed by atoms with Crippen LogP contribution in [-0.2, 0) is 0 Å². The van der Waals surface area contributed by atoms with Crippen molar-refractivity contribution in [1.29, 1.82) is 0 Å². The fourth-order valence-corrected chi connectivity index (χ4v) is 2.26. The van der Waals surface area contributed by atoms with Crippen LogP contribution < -0.4 is 10.5 Å². The molecule has 2 aromatic heterocycles. The summed E-state index contributed by atoms with van der Waals surface area (Å²) in [5.41, 5.74) is 0.778. The molecule has 0 spiro atoms. The molecule has 1 N–H and O–H groups in total. The molecule has 0 amide bonds. The fourth-order valence-electron chi connectivity index (χ4n) is 1.58. The number of nitrogens with one attached hydrogen (secondary N) is 1. The van der Waals surface area contributed by atoms with Gasteiger partial charge in [-0.3, -0.25) is 4.79 Å². The van der Waals surface area contributed by atoms with Crippen molar-refractivity contribution in [3.63, 3.8) is 0 Å². The smallest absolute Gasteiger partial charge is 0.396 e. The number of rotatable bonds is 0. The molecule has 0 aliphatic carbocycles. The Morgan fingerprint density at radius 3 is 2.87 bits per heavy atom. The lowest BCUT2D eigenvalue weighted by atomic mass is 10.2. The van der Waals surface area contributed by atoms with E-state index in [4.69, 9.17) is 4.42 Å². The first-order valence-corrected chi connectivity index (χ1v) is 5.12. The first kappa shape index (κ1) is 8.43. The highest BCUT2D eigenvalue weighted by Crippen LogP contribution is 2.21. The maximum Gasteiger partial charge on any atom is 0.396 e. The quantitative estimate of drug-likeness (QED) is 0.625. The van der Waals surface area contributed by atoms with Gasteiger partial charge in [-0.25, -0.2) is 4.79 Å². The lowest BCUT2D eigenvalue weighted by Gasteiger charge is -1.95. The average Bonchev–Trinajstić information content (AvgIpc) is 2.61. The van der Waals surface area contributed by atoms with Crippen molar-refractivity contribution in [3.8, 4) is 0 Å². The molecule has 2 heterocycles. The maximum atomic E-state index is 11.6. The summed E-state index contributed by atoms with van der Waals surface area (Å²) in [6, 6.07) is 7.23. The summed E-state index contributed by atoms with van der Waals surface area (Å²) in [7, 11) is 0. The minimum atomic E-state index is -0.452. The second-order valence-corrected chi connectivity index (χ2v) is 4.06. The van der Waals surface area contributed by atoms with Gasteiger partial charge >= 0.3 is 4.94 Å². The van der Waals surface area contributed by atoms with Gasteiger partial charge in [0.2, 0.25) is 0 Å². The van der Waals surface area contributed by atoms with Gasteiger partial charge in [-0.15, -0.1) is 0 Å². The van der Waals surface area contributed by atoms with Gasteiger partial charge in [-0.2, -0.15) is 0 Å². The zero-order valence-electron chi connectivity index (χ0n) is 7.44. The summed E-state index contributed by atoms with van der Waals surface area (Å²) >= 11 is 0.828. The van der Waals surface area contributed by atoms with Crippen molar-refractivity contribution in [2.75, 3.05) is 0 Å². The van der Waals surface area contributed by atoms with Crippen LogP contribution in [0.4, 0.5) is 0 Å². The summed E-state index contributed by atoms with van der Waals surface area (Å²) in [5, 5.41) is 0.755. The SMILES string of the molecule is O=c1oc2c(s1)c(=O)[nH]c1ccccc12. The number of benzene rings is 1. The number of fused-ring (bicyclic) bond motifs is 3. The fraction of sp³-hybridized carbons (Fsp3) is 0. The largest absolute Gasteiger partial charge is 0.413 e. The summed E-state index contributed by atoms with van der Waals surface area (Å²) in [6.45, 7) is 0. The van der Waals surface area contributed by atoms with Crippen LogP contribution in [0.2, 0.25) is 0 Å². The van der Waals surface area contributed by atoms with E-state index >= 15 is 0 Å². The van der Waals surface area contributed by atoms with Crippen LogP contribution in [-0.4, -0.2) is 4.98 Å². The van der Waals surface area contributed by atoms with Gasteiger partial charge in [-0.05, 0) is 23.5 Å². The molecule has 1 aromatic carbocycles. The second kappa shape index (κ2) is 2.80. The van der Waals surface area contributed by atoms with E-state index in [9.17, 15) is 9.59 Å². The van der Waals surface area contributed by atoms with Gasteiger partial charge in [0.15, 0.2) is 5.58 Å². The molecule has 0 fully saturated rings. The molecule has 0 bridgehead atoms. The number of para-hydroxylation sites is 1. The standard InChI is InChI=1S/C10H5NO3S/c12-9-8-7(14-10(13)15-8)5-3-1-2-4-6(5)11-9/h1-4H,(H,11,12). The second-order valence-electron chi connectivity index (χ2n) is 3.11. The third-order valence-corrected chi connectivity index (χ3v) is 3.03. The maximum absolute atomic E-state index is 11.6. The van der Waals surface area contributed by atoms with Crippen LogP contribution in [0.3, 0.4) is 0 Å². The predicted molar refractivity (Wildman–Crippen MR) is 58.5 cm³/mol. The molecule has 0 atom stereocenters. The third-order valence-electron chi connectivity index (χ3n) is 2.20. The summed E-state index contributed by atoms with van der Waals surface area (Å²) < 4.78 is 5.35. The number of H-pyrrole nitrogens is 1. The van der Waals surface area contributed by atoms with E-state index in [1.807, 2.05) is 18.2 Å². The Morgan fingerprint density at radius 2 is 2.00 bits per heavy atom. The summed E-state index contributed by atoms with van der Waals surface area (Å²) in [5.74, 6) is 0. The first-order valence-electron chi connectivity index (χ1n) is 4.30. The Bertz CT molecular complexity index is 765. The Morgan fingerprint density at radius 1 is 1.20 bits per heavy atom. The van der Waals surface area contributed by atoms with Crippen molar-refractivity contribution in [2.45, 2.75) is 0 Å². The lowest BCUT2D eigenvalue weighted by Crippen LogP contribution is -2.03. The number of hydrogen-bond acceptors (Lipinski definition) is 4. The molecule has 3 rings (SSSR count).